The highest BCUT2D eigenvalue weighted by Gasteiger charge is 2.25. The Morgan fingerprint density at radius 2 is 2.08 bits per heavy atom. The maximum Gasteiger partial charge on any atom is 0.222 e. The fourth-order valence-electron chi connectivity index (χ4n) is 2.69. The van der Waals surface area contributed by atoms with Crippen LogP contribution in [0.15, 0.2) is 29.3 Å². The molecular weight excluding hydrogens is 439 g/mol. The van der Waals surface area contributed by atoms with Crippen LogP contribution in [0.2, 0.25) is 5.02 Å². The Bertz CT molecular complexity index is 550. The summed E-state index contributed by atoms with van der Waals surface area (Å²) in [6.45, 7) is 4.28. The van der Waals surface area contributed by atoms with E-state index >= 15 is 0 Å². The van der Waals surface area contributed by atoms with E-state index in [4.69, 9.17) is 11.6 Å². The number of benzene rings is 1. The van der Waals surface area contributed by atoms with Crippen molar-refractivity contribution in [3.05, 3.63) is 34.9 Å². The molecule has 1 saturated heterocycles. The molecule has 24 heavy (non-hydrogen) atoms. The summed E-state index contributed by atoms with van der Waals surface area (Å²) < 4.78 is 0. The van der Waals surface area contributed by atoms with Crippen LogP contribution in [-0.2, 0) is 11.2 Å². The van der Waals surface area contributed by atoms with Crippen molar-refractivity contribution in [1.82, 2.24) is 15.5 Å². The second kappa shape index (κ2) is 10.8. The molecule has 1 fully saturated rings. The van der Waals surface area contributed by atoms with Gasteiger partial charge >= 0.3 is 0 Å². The molecule has 1 aromatic rings. The van der Waals surface area contributed by atoms with Crippen LogP contribution in [0.3, 0.4) is 0 Å². The summed E-state index contributed by atoms with van der Waals surface area (Å²) in [4.78, 5) is 17.9. The van der Waals surface area contributed by atoms with Crippen molar-refractivity contribution in [2.45, 2.75) is 32.2 Å². The van der Waals surface area contributed by atoms with E-state index in [0.29, 0.717) is 6.42 Å². The van der Waals surface area contributed by atoms with E-state index in [-0.39, 0.29) is 35.9 Å². The first-order valence-corrected chi connectivity index (χ1v) is 8.49. The third-order valence-corrected chi connectivity index (χ3v) is 4.28. The molecule has 0 aromatic heterocycles. The van der Waals surface area contributed by atoms with Gasteiger partial charge < -0.3 is 15.5 Å². The lowest BCUT2D eigenvalue weighted by atomic mass is 10.1. The van der Waals surface area contributed by atoms with E-state index in [2.05, 4.69) is 15.6 Å². The van der Waals surface area contributed by atoms with E-state index in [0.717, 1.165) is 43.5 Å². The molecule has 1 atom stereocenters. The predicted molar refractivity (Wildman–Crippen MR) is 110 cm³/mol. The minimum absolute atomic E-state index is 0. The molecule has 5 nitrogen and oxygen atoms in total. The number of carbonyl (C=O) groups excluding carboxylic acids is 1. The van der Waals surface area contributed by atoms with E-state index < -0.39 is 0 Å². The predicted octanol–water partition coefficient (Wildman–Crippen LogP) is 2.68. The van der Waals surface area contributed by atoms with Gasteiger partial charge in [-0.1, -0.05) is 30.7 Å². The number of hydrogen-bond donors (Lipinski definition) is 2. The summed E-state index contributed by atoms with van der Waals surface area (Å²) in [5.41, 5.74) is 1.23. The number of aliphatic imine (C=N–C) groups is 1. The van der Waals surface area contributed by atoms with Crippen molar-refractivity contribution in [2.24, 2.45) is 4.99 Å². The number of guanidine groups is 1. The first-order chi connectivity index (χ1) is 11.1. The van der Waals surface area contributed by atoms with Crippen molar-refractivity contribution >= 4 is 47.4 Å². The fourth-order valence-corrected chi connectivity index (χ4v) is 2.82. The summed E-state index contributed by atoms with van der Waals surface area (Å²) >= 11 is 5.89. The molecule has 1 heterocycles. The standard InChI is InChI=1S/C17H25ClN4O.HI/c1-3-16(23)22-11-9-15(12-22)21-17(19-2)20-10-8-13-4-6-14(18)7-5-13;/h4-7,15H,3,8-12H2,1-2H3,(H2,19,20,21);1H. The SMILES string of the molecule is CCC(=O)N1CCC(NC(=NC)NCCc2ccc(Cl)cc2)C1.I. The number of carbonyl (C=O) groups is 1. The van der Waals surface area contributed by atoms with E-state index in [1.54, 1.807) is 7.05 Å². The molecule has 1 unspecified atom stereocenters. The van der Waals surface area contributed by atoms with Gasteiger partial charge in [0.15, 0.2) is 5.96 Å². The van der Waals surface area contributed by atoms with Gasteiger partial charge in [-0.2, -0.15) is 0 Å². The highest BCUT2D eigenvalue weighted by atomic mass is 127. The Kier molecular flexibility index (Phi) is 9.43. The zero-order valence-corrected chi connectivity index (χ0v) is 17.3. The first kappa shape index (κ1) is 21.0. The number of amides is 1. The third kappa shape index (κ3) is 6.47. The van der Waals surface area contributed by atoms with Crippen LogP contribution < -0.4 is 10.6 Å². The van der Waals surface area contributed by atoms with Crippen molar-refractivity contribution in [1.29, 1.82) is 0 Å². The molecule has 2 N–H and O–H groups in total. The molecule has 0 saturated carbocycles. The van der Waals surface area contributed by atoms with Crippen molar-refractivity contribution in [2.75, 3.05) is 26.7 Å². The molecule has 134 valence electrons. The molecular formula is C17H26ClIN4O. The Labute approximate surface area is 166 Å². The Balaban J connectivity index is 0.00000288. The van der Waals surface area contributed by atoms with E-state index in [9.17, 15) is 4.79 Å². The normalized spacial score (nSPS) is 17.4. The van der Waals surface area contributed by atoms with Gasteiger partial charge in [0.2, 0.25) is 5.91 Å². The maximum atomic E-state index is 11.7. The minimum atomic E-state index is 0. The number of rotatable bonds is 5. The van der Waals surface area contributed by atoms with Gasteiger partial charge in [0.1, 0.15) is 0 Å². The number of likely N-dealkylation sites (tertiary alicyclic amines) is 1. The maximum absolute atomic E-state index is 11.7. The lowest BCUT2D eigenvalue weighted by molar-refractivity contribution is -0.129. The summed E-state index contributed by atoms with van der Waals surface area (Å²) in [6, 6.07) is 8.15. The number of nitrogens with one attached hydrogen (secondary N) is 2. The molecule has 1 aliphatic rings. The van der Waals surface area contributed by atoms with Crippen LogP contribution in [-0.4, -0.2) is 49.5 Å². The molecule has 0 bridgehead atoms. The summed E-state index contributed by atoms with van der Waals surface area (Å²) in [5.74, 6) is 1.01. The van der Waals surface area contributed by atoms with Crippen LogP contribution in [0, 0.1) is 0 Å². The van der Waals surface area contributed by atoms with Gasteiger partial charge in [-0.3, -0.25) is 9.79 Å². The summed E-state index contributed by atoms with van der Waals surface area (Å²) in [7, 11) is 1.77. The quantitative estimate of drug-likeness (QED) is 0.400. The van der Waals surface area contributed by atoms with Crippen LogP contribution in [0.5, 0.6) is 0 Å². The smallest absolute Gasteiger partial charge is 0.222 e. The van der Waals surface area contributed by atoms with Crippen molar-refractivity contribution in [3.8, 4) is 0 Å². The van der Waals surface area contributed by atoms with Crippen LogP contribution in [0.1, 0.15) is 25.3 Å². The molecule has 7 heteroatoms. The molecule has 0 radical (unpaired) electrons. The highest BCUT2D eigenvalue weighted by molar-refractivity contribution is 14.0. The lowest BCUT2D eigenvalue weighted by Crippen LogP contribution is -2.45. The van der Waals surface area contributed by atoms with Crippen molar-refractivity contribution in [3.63, 3.8) is 0 Å². The second-order valence-corrected chi connectivity index (χ2v) is 6.14. The number of halogens is 2. The van der Waals surface area contributed by atoms with Gasteiger partial charge in [0.25, 0.3) is 0 Å². The van der Waals surface area contributed by atoms with Gasteiger partial charge in [-0.15, -0.1) is 24.0 Å². The third-order valence-electron chi connectivity index (χ3n) is 4.03. The van der Waals surface area contributed by atoms with Gasteiger partial charge in [-0.25, -0.2) is 0 Å². The number of nitrogens with zero attached hydrogens (tertiary/aromatic N) is 2. The fraction of sp³-hybridized carbons (Fsp3) is 0.529. The average Bonchev–Trinajstić information content (AvgIpc) is 3.03. The monoisotopic (exact) mass is 464 g/mol. The van der Waals surface area contributed by atoms with Gasteiger partial charge in [0, 0.05) is 44.2 Å². The second-order valence-electron chi connectivity index (χ2n) is 5.70. The zero-order valence-electron chi connectivity index (χ0n) is 14.2. The van der Waals surface area contributed by atoms with Crippen LogP contribution >= 0.6 is 35.6 Å². The molecule has 2 rings (SSSR count). The zero-order chi connectivity index (χ0) is 16.7. The highest BCUT2D eigenvalue weighted by Crippen LogP contribution is 2.11. The van der Waals surface area contributed by atoms with Crippen LogP contribution in [0.4, 0.5) is 0 Å². The molecule has 0 aliphatic carbocycles. The number of hydrogen-bond acceptors (Lipinski definition) is 2. The summed E-state index contributed by atoms with van der Waals surface area (Å²) in [5, 5.41) is 7.47. The molecule has 1 amide bonds. The Morgan fingerprint density at radius 3 is 2.71 bits per heavy atom. The van der Waals surface area contributed by atoms with Crippen LogP contribution in [0.25, 0.3) is 0 Å². The topological polar surface area (TPSA) is 56.7 Å². The molecule has 1 aliphatic heterocycles. The largest absolute Gasteiger partial charge is 0.356 e. The minimum Gasteiger partial charge on any atom is -0.356 e. The lowest BCUT2D eigenvalue weighted by Gasteiger charge is -2.18. The summed E-state index contributed by atoms with van der Waals surface area (Å²) in [6.07, 6.45) is 2.44. The van der Waals surface area contributed by atoms with Gasteiger partial charge in [-0.05, 0) is 30.5 Å². The van der Waals surface area contributed by atoms with E-state index in [1.807, 2.05) is 36.1 Å². The molecule has 1 aromatic carbocycles. The Morgan fingerprint density at radius 1 is 1.38 bits per heavy atom. The Hall–Kier alpha value is -1.02. The molecule has 0 spiro atoms. The van der Waals surface area contributed by atoms with Crippen molar-refractivity contribution < 1.29 is 4.79 Å². The average molecular weight is 465 g/mol. The van der Waals surface area contributed by atoms with Gasteiger partial charge in [0.05, 0.1) is 0 Å². The van der Waals surface area contributed by atoms with E-state index in [1.165, 1.54) is 5.56 Å². The first-order valence-electron chi connectivity index (χ1n) is 8.11.